The minimum absolute atomic E-state index is 0.209. The maximum absolute atomic E-state index is 12.7. The average molecular weight is 399 g/mol. The molecule has 0 atom stereocenters. The molecule has 152 valence electrons. The number of aromatic nitrogens is 2. The zero-order chi connectivity index (χ0) is 20.8. The number of carbonyl (C=O) groups is 3. The van der Waals surface area contributed by atoms with Gasteiger partial charge in [-0.1, -0.05) is 0 Å². The van der Waals surface area contributed by atoms with Gasteiger partial charge in [-0.2, -0.15) is 0 Å². The van der Waals surface area contributed by atoms with Gasteiger partial charge in [0, 0.05) is 25.5 Å². The Bertz CT molecular complexity index is 927. The van der Waals surface area contributed by atoms with Crippen LogP contribution in [0.25, 0.3) is 0 Å². The van der Waals surface area contributed by atoms with Crippen molar-refractivity contribution in [1.82, 2.24) is 9.97 Å². The molecule has 1 aliphatic heterocycles. The van der Waals surface area contributed by atoms with Crippen LogP contribution in [0.15, 0.2) is 30.6 Å². The molecule has 10 nitrogen and oxygen atoms in total. The molecule has 2 aromatic rings. The molecular weight excluding hydrogens is 380 g/mol. The molecule has 29 heavy (non-hydrogen) atoms. The summed E-state index contributed by atoms with van der Waals surface area (Å²) in [6, 6.07) is 4.78. The number of carbonyl (C=O) groups excluding carboxylic acids is 3. The fourth-order valence-corrected chi connectivity index (χ4v) is 2.89. The SMILES string of the molecule is CCOC(=O)c1ccc(N2CCOCC2)c(NC(=O)c2nccnc2C(=O)[O-])c1. The van der Waals surface area contributed by atoms with Gasteiger partial charge in [-0.25, -0.2) is 9.78 Å². The standard InChI is InChI=1S/C19H20N4O6/c1-2-29-19(27)12-3-4-14(23-7-9-28-10-8-23)13(11-12)22-17(24)15-16(18(25)26)21-6-5-20-15/h3-6,11H,2,7-10H2,1H3,(H,22,24)(H,25,26)/p-1. The number of benzene rings is 1. The Morgan fingerprint density at radius 2 is 1.86 bits per heavy atom. The molecular formula is C19H19N4O6-. The summed E-state index contributed by atoms with van der Waals surface area (Å²) in [7, 11) is 0. The molecule has 1 amide bonds. The van der Waals surface area contributed by atoms with E-state index < -0.39 is 23.5 Å². The Morgan fingerprint density at radius 3 is 2.52 bits per heavy atom. The topological polar surface area (TPSA) is 134 Å². The van der Waals surface area contributed by atoms with Crippen molar-refractivity contribution in [3.63, 3.8) is 0 Å². The fraction of sp³-hybridized carbons (Fsp3) is 0.316. The number of esters is 1. The van der Waals surface area contributed by atoms with Gasteiger partial charge in [-0.15, -0.1) is 0 Å². The highest BCUT2D eigenvalue weighted by molar-refractivity contribution is 6.09. The smallest absolute Gasteiger partial charge is 0.338 e. The molecule has 10 heteroatoms. The monoisotopic (exact) mass is 399 g/mol. The normalized spacial score (nSPS) is 13.6. The molecule has 0 saturated carbocycles. The number of aromatic carboxylic acids is 1. The van der Waals surface area contributed by atoms with Gasteiger partial charge >= 0.3 is 5.97 Å². The van der Waals surface area contributed by atoms with E-state index in [-0.39, 0.29) is 17.9 Å². The second-order valence-electron chi connectivity index (χ2n) is 6.05. The van der Waals surface area contributed by atoms with Crippen molar-refractivity contribution in [2.24, 2.45) is 0 Å². The van der Waals surface area contributed by atoms with Crippen LogP contribution in [-0.4, -0.2) is 60.7 Å². The van der Waals surface area contributed by atoms with Gasteiger partial charge in [0.2, 0.25) is 0 Å². The number of rotatable bonds is 6. The lowest BCUT2D eigenvalue weighted by molar-refractivity contribution is -0.255. The Morgan fingerprint density at radius 1 is 1.17 bits per heavy atom. The largest absolute Gasteiger partial charge is 0.543 e. The van der Waals surface area contributed by atoms with E-state index in [1.54, 1.807) is 19.1 Å². The van der Waals surface area contributed by atoms with Crippen molar-refractivity contribution >= 4 is 29.2 Å². The third kappa shape index (κ3) is 4.66. The fourth-order valence-electron chi connectivity index (χ4n) is 2.89. The maximum Gasteiger partial charge on any atom is 0.338 e. The highest BCUT2D eigenvalue weighted by atomic mass is 16.5. The van der Waals surface area contributed by atoms with E-state index in [1.807, 2.05) is 4.90 Å². The highest BCUT2D eigenvalue weighted by Gasteiger charge is 2.21. The number of morpholine rings is 1. The van der Waals surface area contributed by atoms with Gasteiger partial charge in [-0.05, 0) is 25.1 Å². The second kappa shape index (κ2) is 9.11. The van der Waals surface area contributed by atoms with Gasteiger partial charge < -0.3 is 29.6 Å². The Balaban J connectivity index is 1.96. The summed E-state index contributed by atoms with van der Waals surface area (Å²) in [6.07, 6.45) is 2.36. The molecule has 0 aliphatic carbocycles. The van der Waals surface area contributed by atoms with Crippen LogP contribution in [-0.2, 0) is 9.47 Å². The van der Waals surface area contributed by atoms with E-state index >= 15 is 0 Å². The molecule has 1 saturated heterocycles. The van der Waals surface area contributed by atoms with Crippen molar-refractivity contribution in [2.75, 3.05) is 43.1 Å². The number of carboxylic acid groups (broad SMARTS) is 1. The van der Waals surface area contributed by atoms with Gasteiger partial charge in [-0.3, -0.25) is 9.78 Å². The number of anilines is 2. The molecule has 1 aromatic heterocycles. The minimum atomic E-state index is -1.61. The highest BCUT2D eigenvalue weighted by Crippen LogP contribution is 2.29. The zero-order valence-electron chi connectivity index (χ0n) is 15.7. The van der Waals surface area contributed by atoms with Gasteiger partial charge in [0.1, 0.15) is 5.69 Å². The number of hydrogen-bond donors (Lipinski definition) is 1. The summed E-state index contributed by atoms with van der Waals surface area (Å²) in [5.41, 5.74) is 0.269. The van der Waals surface area contributed by atoms with Crippen molar-refractivity contribution in [3.05, 3.63) is 47.5 Å². The van der Waals surface area contributed by atoms with Crippen LogP contribution < -0.4 is 15.3 Å². The van der Waals surface area contributed by atoms with Crippen LogP contribution in [0.1, 0.15) is 38.3 Å². The molecule has 1 N–H and O–H groups in total. The molecule has 0 radical (unpaired) electrons. The van der Waals surface area contributed by atoms with Crippen LogP contribution in [0.2, 0.25) is 0 Å². The average Bonchev–Trinajstić information content (AvgIpc) is 2.74. The van der Waals surface area contributed by atoms with E-state index in [2.05, 4.69) is 15.3 Å². The van der Waals surface area contributed by atoms with E-state index in [9.17, 15) is 19.5 Å². The Kier molecular flexibility index (Phi) is 6.35. The number of nitrogens with one attached hydrogen (secondary N) is 1. The van der Waals surface area contributed by atoms with E-state index in [0.717, 1.165) is 6.20 Å². The van der Waals surface area contributed by atoms with Gasteiger partial charge in [0.25, 0.3) is 5.91 Å². The number of carboxylic acids is 1. The summed E-state index contributed by atoms with van der Waals surface area (Å²) in [4.78, 5) is 45.5. The van der Waals surface area contributed by atoms with Crippen LogP contribution in [0.4, 0.5) is 11.4 Å². The van der Waals surface area contributed by atoms with Gasteiger partial charge in [0.05, 0.1) is 42.7 Å². The first-order valence-corrected chi connectivity index (χ1v) is 8.98. The van der Waals surface area contributed by atoms with Crippen molar-refractivity contribution in [3.8, 4) is 0 Å². The molecule has 0 spiro atoms. The van der Waals surface area contributed by atoms with Crippen molar-refractivity contribution < 1.29 is 29.0 Å². The first kappa shape index (κ1) is 20.2. The van der Waals surface area contributed by atoms with Crippen molar-refractivity contribution in [1.29, 1.82) is 0 Å². The maximum atomic E-state index is 12.7. The Labute approximate surface area is 166 Å². The third-order valence-electron chi connectivity index (χ3n) is 4.21. The van der Waals surface area contributed by atoms with Crippen molar-refractivity contribution in [2.45, 2.75) is 6.92 Å². The van der Waals surface area contributed by atoms with Crippen LogP contribution in [0.3, 0.4) is 0 Å². The predicted molar refractivity (Wildman–Crippen MR) is 99.7 cm³/mol. The molecule has 2 heterocycles. The summed E-state index contributed by atoms with van der Waals surface area (Å²) < 4.78 is 10.4. The number of amides is 1. The molecule has 1 fully saturated rings. The molecule has 3 rings (SSSR count). The lowest BCUT2D eigenvalue weighted by atomic mass is 10.1. The number of hydrogen-bond acceptors (Lipinski definition) is 9. The quantitative estimate of drug-likeness (QED) is 0.671. The lowest BCUT2D eigenvalue weighted by Gasteiger charge is -2.30. The third-order valence-corrected chi connectivity index (χ3v) is 4.21. The zero-order valence-corrected chi connectivity index (χ0v) is 15.7. The Hall–Kier alpha value is -3.53. The second-order valence-corrected chi connectivity index (χ2v) is 6.05. The molecule has 1 aliphatic rings. The van der Waals surface area contributed by atoms with E-state index in [4.69, 9.17) is 9.47 Å². The van der Waals surface area contributed by atoms with Crippen LogP contribution >= 0.6 is 0 Å². The van der Waals surface area contributed by atoms with Crippen LogP contribution in [0, 0.1) is 0 Å². The molecule has 0 bridgehead atoms. The first-order valence-electron chi connectivity index (χ1n) is 8.98. The molecule has 1 aromatic carbocycles. The summed E-state index contributed by atoms with van der Waals surface area (Å²) in [5, 5.41) is 13.9. The minimum Gasteiger partial charge on any atom is -0.543 e. The molecule has 0 unspecified atom stereocenters. The lowest BCUT2D eigenvalue weighted by Crippen LogP contribution is -2.37. The summed E-state index contributed by atoms with van der Waals surface area (Å²) in [6.45, 7) is 4.13. The van der Waals surface area contributed by atoms with Crippen LogP contribution in [0.5, 0.6) is 0 Å². The van der Waals surface area contributed by atoms with E-state index in [1.165, 1.54) is 12.3 Å². The number of nitrogens with zero attached hydrogens (tertiary/aromatic N) is 3. The summed E-state index contributed by atoms with van der Waals surface area (Å²) >= 11 is 0. The number of ether oxygens (including phenoxy) is 2. The predicted octanol–water partition coefficient (Wildman–Crippen LogP) is 0.106. The summed E-state index contributed by atoms with van der Waals surface area (Å²) in [5.74, 6) is -2.93. The van der Waals surface area contributed by atoms with E-state index in [0.29, 0.717) is 37.7 Å². The van der Waals surface area contributed by atoms with Gasteiger partial charge in [0.15, 0.2) is 5.69 Å². The first-order chi connectivity index (χ1) is 14.0.